The van der Waals surface area contributed by atoms with E-state index in [1.165, 1.54) is 10.4 Å². The molecular formula is C23H25N5O4S. The summed E-state index contributed by atoms with van der Waals surface area (Å²) in [6.07, 6.45) is 2.13. The second-order valence-electron chi connectivity index (χ2n) is 8.26. The molecule has 1 unspecified atom stereocenters. The molecule has 0 aliphatic carbocycles. The Morgan fingerprint density at radius 1 is 1.06 bits per heavy atom. The molecule has 1 fully saturated rings. The standard InChI is InChI=1S/C23H25N5O4S/c1-13-14(2)33-23-19(13)20(24-12-25-23)28-9-7-15(8-10-28)21(29)26-27-22(30)18-11-31-16-5-3-4-6-17(16)32-18/h3-6,12,15,18H,7-11H2,1-2H3,(H,26,29)(H,27,30). The van der Waals surface area contributed by atoms with E-state index in [0.29, 0.717) is 37.4 Å². The van der Waals surface area contributed by atoms with E-state index in [2.05, 4.69) is 39.6 Å². The fourth-order valence-corrected chi connectivity index (χ4v) is 5.20. The maximum atomic E-state index is 12.7. The van der Waals surface area contributed by atoms with Crippen LogP contribution in [0.4, 0.5) is 5.82 Å². The monoisotopic (exact) mass is 467 g/mol. The Morgan fingerprint density at radius 2 is 1.79 bits per heavy atom. The topological polar surface area (TPSA) is 106 Å². The lowest BCUT2D eigenvalue weighted by molar-refractivity contribution is -0.136. The summed E-state index contributed by atoms with van der Waals surface area (Å²) >= 11 is 1.68. The van der Waals surface area contributed by atoms with Gasteiger partial charge in [0.2, 0.25) is 12.0 Å². The zero-order valence-electron chi connectivity index (χ0n) is 18.5. The van der Waals surface area contributed by atoms with Crippen molar-refractivity contribution in [2.24, 2.45) is 5.92 Å². The molecule has 0 bridgehead atoms. The molecule has 1 atom stereocenters. The minimum absolute atomic E-state index is 0.0893. The lowest BCUT2D eigenvalue weighted by Crippen LogP contribution is -2.53. The maximum absolute atomic E-state index is 12.7. The van der Waals surface area contributed by atoms with Gasteiger partial charge in [-0.05, 0) is 44.4 Å². The number of nitrogens with zero attached hydrogens (tertiary/aromatic N) is 3. The fourth-order valence-electron chi connectivity index (χ4n) is 4.21. The van der Waals surface area contributed by atoms with Gasteiger partial charge in [0.25, 0.3) is 5.91 Å². The van der Waals surface area contributed by atoms with E-state index < -0.39 is 12.0 Å². The van der Waals surface area contributed by atoms with Crippen LogP contribution < -0.4 is 25.2 Å². The third-order valence-corrected chi connectivity index (χ3v) is 7.34. The van der Waals surface area contributed by atoms with Gasteiger partial charge >= 0.3 is 0 Å². The number of aryl methyl sites for hydroxylation is 2. The highest BCUT2D eigenvalue weighted by Crippen LogP contribution is 2.35. The third-order valence-electron chi connectivity index (χ3n) is 6.22. The van der Waals surface area contributed by atoms with Gasteiger partial charge in [-0.1, -0.05) is 12.1 Å². The van der Waals surface area contributed by atoms with Crippen molar-refractivity contribution in [3.05, 3.63) is 41.0 Å². The Hall–Kier alpha value is -3.40. The van der Waals surface area contributed by atoms with Crippen LogP contribution in [0.1, 0.15) is 23.3 Å². The molecule has 172 valence electrons. The van der Waals surface area contributed by atoms with E-state index in [4.69, 9.17) is 9.47 Å². The molecule has 33 heavy (non-hydrogen) atoms. The molecule has 2 aliphatic rings. The number of piperidine rings is 1. The summed E-state index contributed by atoms with van der Waals surface area (Å²) in [5, 5.41) is 1.10. The molecule has 5 rings (SSSR count). The number of rotatable bonds is 3. The van der Waals surface area contributed by atoms with Crippen LogP contribution in [0, 0.1) is 19.8 Å². The van der Waals surface area contributed by atoms with Crippen LogP contribution >= 0.6 is 11.3 Å². The van der Waals surface area contributed by atoms with E-state index in [1.807, 2.05) is 12.1 Å². The molecule has 2 aromatic heterocycles. The second-order valence-corrected chi connectivity index (χ2v) is 9.47. The fraction of sp³-hybridized carbons (Fsp3) is 0.391. The second kappa shape index (κ2) is 8.86. The van der Waals surface area contributed by atoms with Crippen molar-refractivity contribution in [3.63, 3.8) is 0 Å². The van der Waals surface area contributed by atoms with Gasteiger partial charge in [-0.25, -0.2) is 9.97 Å². The van der Waals surface area contributed by atoms with E-state index in [9.17, 15) is 9.59 Å². The number of benzene rings is 1. The number of thiophene rings is 1. The van der Waals surface area contributed by atoms with Crippen molar-refractivity contribution in [2.75, 3.05) is 24.6 Å². The van der Waals surface area contributed by atoms with Gasteiger partial charge in [-0.2, -0.15) is 0 Å². The molecule has 3 aromatic rings. The molecule has 0 saturated carbocycles. The zero-order chi connectivity index (χ0) is 22.9. The number of ether oxygens (including phenoxy) is 2. The minimum Gasteiger partial charge on any atom is -0.485 e. The first-order valence-corrected chi connectivity index (χ1v) is 11.8. The van der Waals surface area contributed by atoms with Gasteiger partial charge in [-0.15, -0.1) is 11.3 Å². The van der Waals surface area contributed by atoms with E-state index in [1.54, 1.807) is 29.8 Å². The van der Waals surface area contributed by atoms with Crippen molar-refractivity contribution in [1.82, 2.24) is 20.8 Å². The molecule has 9 nitrogen and oxygen atoms in total. The lowest BCUT2D eigenvalue weighted by Gasteiger charge is -2.32. The first-order chi connectivity index (χ1) is 16.0. The number of amides is 2. The first kappa shape index (κ1) is 21.4. The van der Waals surface area contributed by atoms with Gasteiger partial charge in [0.1, 0.15) is 23.6 Å². The molecule has 1 saturated heterocycles. The zero-order valence-corrected chi connectivity index (χ0v) is 19.3. The number of para-hydroxylation sites is 2. The quantitative estimate of drug-likeness (QED) is 0.570. The number of hydrogen-bond donors (Lipinski definition) is 2. The summed E-state index contributed by atoms with van der Waals surface area (Å²) in [5.74, 6) is 1.22. The van der Waals surface area contributed by atoms with Crippen LogP contribution in [0.25, 0.3) is 10.2 Å². The normalized spacial score (nSPS) is 18.2. The summed E-state index contributed by atoms with van der Waals surface area (Å²) in [6.45, 7) is 5.71. The number of aromatic nitrogens is 2. The Labute approximate surface area is 195 Å². The molecule has 10 heteroatoms. The Balaban J connectivity index is 1.15. The van der Waals surface area contributed by atoms with Crippen LogP contribution in [-0.4, -0.2) is 47.6 Å². The predicted molar refractivity (Wildman–Crippen MR) is 124 cm³/mol. The minimum atomic E-state index is -0.820. The Bertz CT molecular complexity index is 1200. The molecule has 0 radical (unpaired) electrons. The number of nitrogens with one attached hydrogen (secondary N) is 2. The van der Waals surface area contributed by atoms with Gasteiger partial charge in [-0.3, -0.25) is 20.4 Å². The van der Waals surface area contributed by atoms with Gasteiger partial charge < -0.3 is 14.4 Å². The molecule has 1 aromatic carbocycles. The average Bonchev–Trinajstić information content (AvgIpc) is 3.15. The van der Waals surface area contributed by atoms with Gasteiger partial charge in [0, 0.05) is 23.9 Å². The summed E-state index contributed by atoms with van der Waals surface area (Å²) < 4.78 is 11.2. The molecule has 0 spiro atoms. The smallest absolute Gasteiger partial charge is 0.283 e. The number of hydrazine groups is 1. The van der Waals surface area contributed by atoms with Crippen LogP contribution in [0.15, 0.2) is 30.6 Å². The number of carbonyl (C=O) groups is 2. The van der Waals surface area contributed by atoms with Crippen molar-refractivity contribution < 1.29 is 19.1 Å². The third kappa shape index (κ3) is 4.18. The molecular weight excluding hydrogens is 442 g/mol. The molecule has 2 aliphatic heterocycles. The Morgan fingerprint density at radius 3 is 2.58 bits per heavy atom. The Kier molecular flexibility index (Phi) is 5.76. The number of anilines is 1. The van der Waals surface area contributed by atoms with Crippen LogP contribution in [-0.2, 0) is 9.59 Å². The van der Waals surface area contributed by atoms with Crippen molar-refractivity contribution >= 4 is 39.2 Å². The predicted octanol–water partition coefficient (Wildman–Crippen LogP) is 2.51. The van der Waals surface area contributed by atoms with Gasteiger partial charge in [0.05, 0.1) is 5.39 Å². The highest BCUT2D eigenvalue weighted by molar-refractivity contribution is 7.18. The summed E-state index contributed by atoms with van der Waals surface area (Å²) in [4.78, 5) is 38.5. The van der Waals surface area contributed by atoms with Crippen molar-refractivity contribution in [1.29, 1.82) is 0 Å². The molecule has 2 N–H and O–H groups in total. The maximum Gasteiger partial charge on any atom is 0.283 e. The van der Waals surface area contributed by atoms with E-state index in [0.717, 1.165) is 16.0 Å². The highest BCUT2D eigenvalue weighted by Gasteiger charge is 2.30. The highest BCUT2D eigenvalue weighted by atomic mass is 32.1. The molecule has 2 amide bonds. The summed E-state index contributed by atoms with van der Waals surface area (Å²) in [6, 6.07) is 7.17. The van der Waals surface area contributed by atoms with E-state index in [-0.39, 0.29) is 18.4 Å². The molecule has 4 heterocycles. The largest absolute Gasteiger partial charge is 0.485 e. The summed E-state index contributed by atoms with van der Waals surface area (Å²) in [7, 11) is 0. The van der Waals surface area contributed by atoms with Crippen molar-refractivity contribution in [3.8, 4) is 11.5 Å². The van der Waals surface area contributed by atoms with E-state index >= 15 is 0 Å². The van der Waals surface area contributed by atoms with Crippen LogP contribution in [0.5, 0.6) is 11.5 Å². The lowest BCUT2D eigenvalue weighted by atomic mass is 9.96. The average molecular weight is 468 g/mol. The van der Waals surface area contributed by atoms with Crippen molar-refractivity contribution in [2.45, 2.75) is 32.8 Å². The number of hydrogen-bond acceptors (Lipinski definition) is 8. The number of carbonyl (C=O) groups excluding carboxylic acids is 2. The summed E-state index contributed by atoms with van der Waals surface area (Å²) in [5.41, 5.74) is 6.25. The first-order valence-electron chi connectivity index (χ1n) is 10.9. The van der Waals surface area contributed by atoms with Gasteiger partial charge in [0.15, 0.2) is 11.5 Å². The SMILES string of the molecule is Cc1sc2ncnc(N3CCC(C(=O)NNC(=O)C4COc5ccccc5O4)CC3)c2c1C. The number of fused-ring (bicyclic) bond motifs is 2. The van der Waals surface area contributed by atoms with Crippen LogP contribution in [0.3, 0.4) is 0 Å². The van der Waals surface area contributed by atoms with Crippen LogP contribution in [0.2, 0.25) is 0 Å².